The molecule has 8 heteroatoms. The molecule has 1 amide bonds. The van der Waals surface area contributed by atoms with Gasteiger partial charge in [-0.3, -0.25) is 4.79 Å². The highest BCUT2D eigenvalue weighted by Crippen LogP contribution is 2.30. The summed E-state index contributed by atoms with van der Waals surface area (Å²) in [5, 5.41) is 2.90. The van der Waals surface area contributed by atoms with E-state index >= 15 is 0 Å². The van der Waals surface area contributed by atoms with Gasteiger partial charge in [-0.25, -0.2) is 8.42 Å². The van der Waals surface area contributed by atoms with Crippen LogP contribution in [0.25, 0.3) is 0 Å². The highest BCUT2D eigenvalue weighted by Gasteiger charge is 2.27. The zero-order valence-corrected chi connectivity index (χ0v) is 21.6. The number of nitrogens with zero attached hydrogens (tertiary/aromatic N) is 1. The number of methoxy groups -OCH3 is 2. The summed E-state index contributed by atoms with van der Waals surface area (Å²) in [5.74, 6) is 0.729. The van der Waals surface area contributed by atoms with Gasteiger partial charge in [0.25, 0.3) is 0 Å². The molecule has 0 unspecified atom stereocenters. The Morgan fingerprint density at radius 2 is 1.46 bits per heavy atom. The van der Waals surface area contributed by atoms with Crippen LogP contribution in [0, 0.1) is 13.8 Å². The van der Waals surface area contributed by atoms with Crippen molar-refractivity contribution in [3.8, 4) is 11.5 Å². The van der Waals surface area contributed by atoms with Crippen LogP contribution >= 0.6 is 0 Å². The SMILES string of the molecule is COc1ccc([C@@H](C)NC(=O)CN(Cc2ccc(C)cc2)S(=O)(=O)c2ccc(C)cc2)cc1OC. The van der Waals surface area contributed by atoms with E-state index in [1.54, 1.807) is 50.6 Å². The molecule has 0 bridgehead atoms. The van der Waals surface area contributed by atoms with Crippen molar-refractivity contribution in [2.45, 2.75) is 38.3 Å². The zero-order chi connectivity index (χ0) is 25.6. The van der Waals surface area contributed by atoms with Crippen molar-refractivity contribution in [1.82, 2.24) is 9.62 Å². The monoisotopic (exact) mass is 496 g/mol. The first-order chi connectivity index (χ1) is 16.6. The average molecular weight is 497 g/mol. The van der Waals surface area contributed by atoms with E-state index in [1.807, 2.05) is 51.1 Å². The van der Waals surface area contributed by atoms with Crippen molar-refractivity contribution in [2.24, 2.45) is 0 Å². The van der Waals surface area contributed by atoms with Gasteiger partial charge >= 0.3 is 0 Å². The van der Waals surface area contributed by atoms with Crippen LogP contribution in [-0.2, 0) is 21.4 Å². The summed E-state index contributed by atoms with van der Waals surface area (Å²) in [6.07, 6.45) is 0. The third-order valence-electron chi connectivity index (χ3n) is 5.74. The molecule has 0 spiro atoms. The number of rotatable bonds is 10. The van der Waals surface area contributed by atoms with E-state index in [1.165, 1.54) is 4.31 Å². The maximum absolute atomic E-state index is 13.5. The molecule has 1 atom stereocenters. The van der Waals surface area contributed by atoms with Gasteiger partial charge in [0.2, 0.25) is 15.9 Å². The van der Waals surface area contributed by atoms with Crippen molar-refractivity contribution in [1.29, 1.82) is 0 Å². The first kappa shape index (κ1) is 26.2. The van der Waals surface area contributed by atoms with Gasteiger partial charge in [-0.15, -0.1) is 0 Å². The Hall–Kier alpha value is -3.36. The van der Waals surface area contributed by atoms with E-state index in [-0.39, 0.29) is 24.0 Å². The topological polar surface area (TPSA) is 84.9 Å². The number of sulfonamides is 1. The van der Waals surface area contributed by atoms with Gasteiger partial charge < -0.3 is 14.8 Å². The van der Waals surface area contributed by atoms with Crippen LogP contribution in [0.4, 0.5) is 0 Å². The van der Waals surface area contributed by atoms with E-state index in [9.17, 15) is 13.2 Å². The molecule has 3 aromatic carbocycles. The molecule has 0 radical (unpaired) electrons. The fourth-order valence-corrected chi connectivity index (χ4v) is 5.02. The highest BCUT2D eigenvalue weighted by atomic mass is 32.2. The van der Waals surface area contributed by atoms with Gasteiger partial charge in [-0.05, 0) is 56.2 Å². The minimum Gasteiger partial charge on any atom is -0.493 e. The Bertz CT molecular complexity index is 1260. The molecule has 0 aliphatic carbocycles. The number of nitrogens with one attached hydrogen (secondary N) is 1. The quantitative estimate of drug-likeness (QED) is 0.450. The molecule has 35 heavy (non-hydrogen) atoms. The van der Waals surface area contributed by atoms with E-state index in [2.05, 4.69) is 5.32 Å². The van der Waals surface area contributed by atoms with Crippen LogP contribution in [-0.4, -0.2) is 39.4 Å². The van der Waals surface area contributed by atoms with Gasteiger partial charge in [0.15, 0.2) is 11.5 Å². The Balaban J connectivity index is 1.83. The van der Waals surface area contributed by atoms with E-state index < -0.39 is 15.9 Å². The number of carbonyl (C=O) groups excluding carboxylic acids is 1. The number of amides is 1. The van der Waals surface area contributed by atoms with Gasteiger partial charge in [0, 0.05) is 6.54 Å². The lowest BCUT2D eigenvalue weighted by Crippen LogP contribution is -2.41. The Kier molecular flexibility index (Phi) is 8.53. The summed E-state index contributed by atoms with van der Waals surface area (Å²) in [7, 11) is -0.805. The first-order valence-corrected chi connectivity index (χ1v) is 12.7. The zero-order valence-electron chi connectivity index (χ0n) is 20.7. The lowest BCUT2D eigenvalue weighted by molar-refractivity contribution is -0.122. The number of benzene rings is 3. The molecule has 1 N–H and O–H groups in total. The maximum atomic E-state index is 13.5. The minimum atomic E-state index is -3.91. The van der Waals surface area contributed by atoms with Crippen LogP contribution in [0.3, 0.4) is 0 Å². The Morgan fingerprint density at radius 3 is 2.03 bits per heavy atom. The Morgan fingerprint density at radius 1 is 0.886 bits per heavy atom. The van der Waals surface area contributed by atoms with E-state index in [0.717, 1.165) is 22.3 Å². The van der Waals surface area contributed by atoms with Gasteiger partial charge in [0.1, 0.15) is 0 Å². The van der Waals surface area contributed by atoms with Gasteiger partial charge in [-0.2, -0.15) is 4.31 Å². The van der Waals surface area contributed by atoms with Gasteiger partial charge in [0.05, 0.1) is 31.7 Å². The lowest BCUT2D eigenvalue weighted by atomic mass is 10.1. The molecule has 0 saturated carbocycles. The predicted octanol–water partition coefficient (Wildman–Crippen LogP) is 4.39. The summed E-state index contributed by atoms with van der Waals surface area (Å²) in [5.41, 5.74) is 3.63. The molecule has 0 fully saturated rings. The highest BCUT2D eigenvalue weighted by molar-refractivity contribution is 7.89. The minimum absolute atomic E-state index is 0.0780. The molecule has 0 saturated heterocycles. The summed E-state index contributed by atoms with van der Waals surface area (Å²) in [6.45, 7) is 5.45. The standard InChI is InChI=1S/C27H32N2O5S/c1-19-6-10-22(11-7-19)17-29(35(31,32)24-13-8-20(2)9-14-24)18-27(30)28-21(3)23-12-15-25(33-4)26(16-23)34-5/h6-16,21H,17-18H2,1-5H3,(H,28,30)/t21-/m1/s1. The number of ether oxygens (including phenoxy) is 2. The van der Waals surface area contributed by atoms with Crippen LogP contribution in [0.1, 0.15) is 35.2 Å². The fourth-order valence-electron chi connectivity index (χ4n) is 3.64. The fraction of sp³-hybridized carbons (Fsp3) is 0.296. The molecule has 3 aromatic rings. The molecule has 7 nitrogen and oxygen atoms in total. The molecule has 0 aliphatic rings. The van der Waals surface area contributed by atoms with Crippen molar-refractivity contribution in [2.75, 3.05) is 20.8 Å². The second-order valence-electron chi connectivity index (χ2n) is 8.48. The summed E-state index contributed by atoms with van der Waals surface area (Å²) in [6, 6.07) is 19.2. The van der Waals surface area contributed by atoms with Crippen molar-refractivity contribution in [3.05, 3.63) is 89.0 Å². The number of hydrogen-bond acceptors (Lipinski definition) is 5. The molecular formula is C27H32N2O5S. The molecule has 3 rings (SSSR count). The van der Waals surface area contributed by atoms with Crippen LogP contribution in [0.5, 0.6) is 11.5 Å². The first-order valence-electron chi connectivity index (χ1n) is 11.3. The smallest absolute Gasteiger partial charge is 0.243 e. The molecule has 0 aliphatic heterocycles. The molecule has 0 aromatic heterocycles. The third kappa shape index (κ3) is 6.61. The third-order valence-corrected chi connectivity index (χ3v) is 7.55. The maximum Gasteiger partial charge on any atom is 0.243 e. The summed E-state index contributed by atoms with van der Waals surface area (Å²) >= 11 is 0. The molecule has 186 valence electrons. The predicted molar refractivity (Wildman–Crippen MR) is 136 cm³/mol. The second-order valence-corrected chi connectivity index (χ2v) is 10.4. The van der Waals surface area contributed by atoms with E-state index in [4.69, 9.17) is 9.47 Å². The van der Waals surface area contributed by atoms with Crippen LogP contribution in [0.15, 0.2) is 71.6 Å². The number of carbonyl (C=O) groups is 1. The molecule has 0 heterocycles. The van der Waals surface area contributed by atoms with Crippen molar-refractivity contribution in [3.63, 3.8) is 0 Å². The second kappa shape index (κ2) is 11.4. The normalized spacial score (nSPS) is 12.3. The summed E-state index contributed by atoms with van der Waals surface area (Å²) < 4.78 is 38.8. The van der Waals surface area contributed by atoms with Crippen LogP contribution in [0.2, 0.25) is 0 Å². The Labute approximate surface area is 207 Å². The largest absolute Gasteiger partial charge is 0.493 e. The lowest BCUT2D eigenvalue weighted by Gasteiger charge is -2.23. The van der Waals surface area contributed by atoms with Gasteiger partial charge in [-0.1, -0.05) is 53.6 Å². The summed E-state index contributed by atoms with van der Waals surface area (Å²) in [4.78, 5) is 13.2. The number of hydrogen-bond donors (Lipinski definition) is 1. The van der Waals surface area contributed by atoms with Crippen molar-refractivity contribution >= 4 is 15.9 Å². The average Bonchev–Trinajstić information content (AvgIpc) is 2.84. The number of aryl methyl sites for hydroxylation is 2. The molecular weight excluding hydrogens is 464 g/mol. The van der Waals surface area contributed by atoms with Crippen LogP contribution < -0.4 is 14.8 Å². The van der Waals surface area contributed by atoms with Crippen molar-refractivity contribution < 1.29 is 22.7 Å². The van der Waals surface area contributed by atoms with E-state index in [0.29, 0.717) is 11.5 Å².